The lowest BCUT2D eigenvalue weighted by molar-refractivity contribution is 0.0916. The van der Waals surface area contributed by atoms with Crippen LogP contribution in [0.4, 0.5) is 4.39 Å². The molecule has 32 heavy (non-hydrogen) atoms. The number of nitrogens with one attached hydrogen (secondary N) is 1. The fraction of sp³-hybridized carbons (Fsp3) is 0.240. The molecule has 6 nitrogen and oxygen atoms in total. The largest absolute Gasteiger partial charge is 0.394 e. The van der Waals surface area contributed by atoms with Gasteiger partial charge in [0.05, 0.1) is 18.3 Å². The van der Waals surface area contributed by atoms with E-state index in [2.05, 4.69) is 15.4 Å². The summed E-state index contributed by atoms with van der Waals surface area (Å²) in [6, 6.07) is 13.3. The van der Waals surface area contributed by atoms with Crippen molar-refractivity contribution < 1.29 is 14.3 Å². The number of benzene rings is 2. The monoisotopic (exact) mass is 432 g/mol. The number of rotatable bonds is 6. The summed E-state index contributed by atoms with van der Waals surface area (Å²) in [5.41, 5.74) is 4.37. The van der Waals surface area contributed by atoms with Gasteiger partial charge in [-0.1, -0.05) is 18.2 Å². The highest BCUT2D eigenvalue weighted by Gasteiger charge is 2.17. The van der Waals surface area contributed by atoms with Crippen molar-refractivity contribution >= 4 is 16.7 Å². The van der Waals surface area contributed by atoms with E-state index in [1.54, 1.807) is 37.4 Å². The molecule has 1 amide bonds. The predicted molar refractivity (Wildman–Crippen MR) is 121 cm³/mol. The van der Waals surface area contributed by atoms with Gasteiger partial charge >= 0.3 is 0 Å². The van der Waals surface area contributed by atoms with Gasteiger partial charge in [0.15, 0.2) is 0 Å². The van der Waals surface area contributed by atoms with Gasteiger partial charge in [0.2, 0.25) is 0 Å². The Bertz CT molecular complexity index is 1300. The van der Waals surface area contributed by atoms with Gasteiger partial charge in [0.25, 0.3) is 5.91 Å². The normalized spacial score (nSPS) is 12.2. The highest BCUT2D eigenvalue weighted by atomic mass is 19.1. The van der Waals surface area contributed by atoms with E-state index in [0.29, 0.717) is 23.1 Å². The average Bonchev–Trinajstić information content (AvgIpc) is 3.09. The SMILES string of the molecule is Cc1cc(Cc2cc3cc(C(=O)N[C@H](CO)c4ccc(C)c(F)c4)ccc3cn2)n(C)n1. The first kappa shape index (κ1) is 21.6. The van der Waals surface area contributed by atoms with E-state index in [4.69, 9.17) is 0 Å². The molecule has 4 aromatic rings. The van der Waals surface area contributed by atoms with Gasteiger partial charge in [-0.2, -0.15) is 5.10 Å². The fourth-order valence-electron chi connectivity index (χ4n) is 3.74. The highest BCUT2D eigenvalue weighted by molar-refractivity contribution is 5.98. The first-order valence-electron chi connectivity index (χ1n) is 10.4. The molecule has 0 aliphatic rings. The van der Waals surface area contributed by atoms with Crippen LogP contribution in [-0.4, -0.2) is 32.4 Å². The second kappa shape index (κ2) is 8.88. The molecule has 4 rings (SSSR count). The molecular formula is C25H25FN4O2. The van der Waals surface area contributed by atoms with E-state index in [1.165, 1.54) is 6.07 Å². The summed E-state index contributed by atoms with van der Waals surface area (Å²) in [5, 5.41) is 18.7. The molecule has 0 bridgehead atoms. The van der Waals surface area contributed by atoms with Gasteiger partial charge in [-0.3, -0.25) is 14.5 Å². The molecule has 7 heteroatoms. The molecule has 0 spiro atoms. The molecule has 0 fully saturated rings. The van der Waals surface area contributed by atoms with E-state index in [1.807, 2.05) is 36.9 Å². The Hall–Kier alpha value is -3.58. The van der Waals surface area contributed by atoms with Crippen LogP contribution in [0.1, 0.15) is 44.6 Å². The van der Waals surface area contributed by atoms with Crippen molar-refractivity contribution in [2.24, 2.45) is 7.05 Å². The zero-order valence-electron chi connectivity index (χ0n) is 18.3. The quantitative estimate of drug-likeness (QED) is 0.486. The molecule has 0 unspecified atom stereocenters. The van der Waals surface area contributed by atoms with Crippen molar-refractivity contribution in [1.82, 2.24) is 20.1 Å². The minimum atomic E-state index is -0.700. The van der Waals surface area contributed by atoms with Crippen LogP contribution in [0.2, 0.25) is 0 Å². The van der Waals surface area contributed by atoms with Gasteiger partial charge in [-0.05, 0) is 60.7 Å². The van der Waals surface area contributed by atoms with Gasteiger partial charge in [0.1, 0.15) is 5.82 Å². The second-order valence-corrected chi connectivity index (χ2v) is 8.03. The maximum atomic E-state index is 13.9. The van der Waals surface area contributed by atoms with Crippen molar-refractivity contribution in [2.75, 3.05) is 6.61 Å². The minimum absolute atomic E-state index is 0.333. The number of aryl methyl sites for hydroxylation is 3. The molecule has 2 aromatic heterocycles. The van der Waals surface area contributed by atoms with Crippen molar-refractivity contribution in [3.05, 3.63) is 94.3 Å². The highest BCUT2D eigenvalue weighted by Crippen LogP contribution is 2.20. The van der Waals surface area contributed by atoms with Crippen LogP contribution in [0.5, 0.6) is 0 Å². The molecule has 2 aromatic carbocycles. The molecule has 2 N–H and O–H groups in total. The summed E-state index contributed by atoms with van der Waals surface area (Å²) in [7, 11) is 1.91. The van der Waals surface area contributed by atoms with Crippen molar-refractivity contribution in [3.8, 4) is 0 Å². The number of hydrogen-bond acceptors (Lipinski definition) is 4. The number of pyridine rings is 1. The molecule has 0 aliphatic heterocycles. The van der Waals surface area contributed by atoms with E-state index in [9.17, 15) is 14.3 Å². The summed E-state index contributed by atoms with van der Waals surface area (Å²) in [4.78, 5) is 17.4. The van der Waals surface area contributed by atoms with E-state index in [-0.39, 0.29) is 18.3 Å². The summed E-state index contributed by atoms with van der Waals surface area (Å²) in [6.45, 7) is 3.28. The summed E-state index contributed by atoms with van der Waals surface area (Å²) in [6.07, 6.45) is 2.43. The molecule has 0 saturated heterocycles. The van der Waals surface area contributed by atoms with Crippen LogP contribution in [0.3, 0.4) is 0 Å². The lowest BCUT2D eigenvalue weighted by atomic mass is 10.0. The molecule has 2 heterocycles. The Labute approximate surface area is 185 Å². The Kier molecular flexibility index (Phi) is 6.01. The molecular weight excluding hydrogens is 407 g/mol. The number of nitrogens with zero attached hydrogens (tertiary/aromatic N) is 3. The summed E-state index contributed by atoms with van der Waals surface area (Å²) in [5.74, 6) is -0.711. The number of aromatic nitrogens is 3. The van der Waals surface area contributed by atoms with Crippen molar-refractivity contribution in [2.45, 2.75) is 26.3 Å². The number of aliphatic hydroxyl groups excluding tert-OH is 1. The maximum absolute atomic E-state index is 13.9. The number of amides is 1. The Morgan fingerprint density at radius 1 is 1.12 bits per heavy atom. The lowest BCUT2D eigenvalue weighted by Gasteiger charge is -2.17. The van der Waals surface area contributed by atoms with Crippen LogP contribution in [0, 0.1) is 19.7 Å². The summed E-state index contributed by atoms with van der Waals surface area (Å²) >= 11 is 0. The zero-order chi connectivity index (χ0) is 22.8. The standard InChI is InChI=1S/C25H25FN4O2/c1-15-4-5-17(11-23(15)26)24(14-31)28-25(32)18-6-7-19-13-27-21(10-20(19)9-18)12-22-8-16(2)29-30(22)3/h4-11,13,24,31H,12,14H2,1-3H3,(H,28,32)/t24-/m1/s1. The zero-order valence-corrected chi connectivity index (χ0v) is 18.3. The van der Waals surface area contributed by atoms with E-state index in [0.717, 1.165) is 27.9 Å². The number of carbonyl (C=O) groups is 1. The van der Waals surface area contributed by atoms with Gasteiger partial charge < -0.3 is 10.4 Å². The third kappa shape index (κ3) is 4.53. The number of aliphatic hydroxyl groups is 1. The van der Waals surface area contributed by atoms with Crippen molar-refractivity contribution in [3.63, 3.8) is 0 Å². The molecule has 164 valence electrons. The van der Waals surface area contributed by atoms with Crippen LogP contribution in [0.15, 0.2) is 54.7 Å². The molecule has 0 saturated carbocycles. The number of halogens is 1. The molecule has 0 aliphatic carbocycles. The fourth-order valence-corrected chi connectivity index (χ4v) is 3.74. The summed E-state index contributed by atoms with van der Waals surface area (Å²) < 4.78 is 15.8. The smallest absolute Gasteiger partial charge is 0.251 e. The number of fused-ring (bicyclic) bond motifs is 1. The Morgan fingerprint density at radius 3 is 2.62 bits per heavy atom. The third-order valence-electron chi connectivity index (χ3n) is 5.59. The predicted octanol–water partition coefficient (Wildman–Crippen LogP) is 3.78. The van der Waals surface area contributed by atoms with E-state index < -0.39 is 6.04 Å². The number of carbonyl (C=O) groups excluding carboxylic acids is 1. The Morgan fingerprint density at radius 2 is 1.94 bits per heavy atom. The van der Waals surface area contributed by atoms with Gasteiger partial charge in [-0.25, -0.2) is 4.39 Å². The van der Waals surface area contributed by atoms with E-state index >= 15 is 0 Å². The first-order chi connectivity index (χ1) is 15.3. The maximum Gasteiger partial charge on any atom is 0.251 e. The topological polar surface area (TPSA) is 80.0 Å². The third-order valence-corrected chi connectivity index (χ3v) is 5.59. The van der Waals surface area contributed by atoms with Crippen LogP contribution >= 0.6 is 0 Å². The Balaban J connectivity index is 1.56. The average molecular weight is 432 g/mol. The lowest BCUT2D eigenvalue weighted by Crippen LogP contribution is -2.30. The first-order valence-corrected chi connectivity index (χ1v) is 10.4. The van der Waals surface area contributed by atoms with Crippen LogP contribution in [0.25, 0.3) is 10.8 Å². The minimum Gasteiger partial charge on any atom is -0.394 e. The number of hydrogen-bond donors (Lipinski definition) is 2. The van der Waals surface area contributed by atoms with Crippen molar-refractivity contribution in [1.29, 1.82) is 0 Å². The second-order valence-electron chi connectivity index (χ2n) is 8.03. The van der Waals surface area contributed by atoms with Gasteiger partial charge in [0, 0.05) is 42.0 Å². The molecule has 1 atom stereocenters. The van der Waals surface area contributed by atoms with Crippen LogP contribution in [-0.2, 0) is 13.5 Å². The van der Waals surface area contributed by atoms with Gasteiger partial charge in [-0.15, -0.1) is 0 Å². The molecule has 0 radical (unpaired) electrons. The van der Waals surface area contributed by atoms with Crippen LogP contribution < -0.4 is 5.32 Å².